The van der Waals surface area contributed by atoms with Crippen LogP contribution in [0.5, 0.6) is 11.5 Å². The van der Waals surface area contributed by atoms with E-state index in [1.165, 1.54) is 24.3 Å². The van der Waals surface area contributed by atoms with Crippen molar-refractivity contribution in [2.45, 2.75) is 11.8 Å². The van der Waals surface area contributed by atoms with E-state index in [-0.39, 0.29) is 45.7 Å². The summed E-state index contributed by atoms with van der Waals surface area (Å²) in [6, 6.07) is 12.9. The van der Waals surface area contributed by atoms with Crippen LogP contribution in [0.15, 0.2) is 59.5 Å². The van der Waals surface area contributed by atoms with Gasteiger partial charge >= 0.3 is 0 Å². The number of carbonyl (C=O) groups is 1. The lowest BCUT2D eigenvalue weighted by molar-refractivity contribution is -0.387. The van der Waals surface area contributed by atoms with Crippen LogP contribution < -0.4 is 5.73 Å². The summed E-state index contributed by atoms with van der Waals surface area (Å²) < 4.78 is 25.1. The molecule has 0 aliphatic carbocycles. The number of aryl methyl sites for hydroxylation is 1. The van der Waals surface area contributed by atoms with E-state index < -0.39 is 36.8 Å². The Bertz CT molecular complexity index is 1700. The second-order valence-electron chi connectivity index (χ2n) is 8.08. The maximum absolute atomic E-state index is 12.5. The Morgan fingerprint density at radius 1 is 0.892 bits per heavy atom. The Morgan fingerprint density at radius 3 is 1.95 bits per heavy atom. The van der Waals surface area contributed by atoms with E-state index in [2.05, 4.69) is 15.0 Å². The van der Waals surface area contributed by atoms with Crippen LogP contribution >= 0.6 is 0 Å². The Labute approximate surface area is 210 Å². The molecule has 0 radical (unpaired) electrons. The van der Waals surface area contributed by atoms with Crippen LogP contribution in [0.4, 0.5) is 5.69 Å². The van der Waals surface area contributed by atoms with Crippen molar-refractivity contribution in [2.75, 3.05) is 6.26 Å². The van der Waals surface area contributed by atoms with Crippen molar-refractivity contribution in [1.29, 1.82) is 0 Å². The molecule has 3 aromatic carbocycles. The summed E-state index contributed by atoms with van der Waals surface area (Å²) in [6.07, 6.45) is 0.710. The smallest absolute Gasteiger partial charge is 0.299 e. The molecule has 0 aliphatic heterocycles. The topological polar surface area (TPSA) is 199 Å². The maximum Gasteiger partial charge on any atom is 0.299 e. The Morgan fingerprint density at radius 2 is 1.43 bits per heavy atom. The van der Waals surface area contributed by atoms with Crippen molar-refractivity contribution >= 4 is 21.4 Å². The van der Waals surface area contributed by atoms with E-state index in [9.17, 15) is 33.5 Å². The summed E-state index contributed by atoms with van der Waals surface area (Å²) in [4.78, 5) is 35.1. The van der Waals surface area contributed by atoms with Gasteiger partial charge in [0.05, 0.1) is 27.2 Å². The number of nitro benzene ring substituents is 1. The third kappa shape index (κ3) is 4.79. The van der Waals surface area contributed by atoms with Crippen molar-refractivity contribution in [2.24, 2.45) is 5.73 Å². The highest BCUT2D eigenvalue weighted by Crippen LogP contribution is 2.39. The van der Waals surface area contributed by atoms with E-state index in [4.69, 9.17) is 5.73 Å². The fourth-order valence-corrected chi connectivity index (χ4v) is 4.84. The van der Waals surface area contributed by atoms with Crippen LogP contribution in [0.3, 0.4) is 0 Å². The number of primary amides is 1. The van der Waals surface area contributed by atoms with Gasteiger partial charge in [0.2, 0.25) is 5.91 Å². The average Bonchev–Trinajstić information content (AvgIpc) is 2.82. The molecule has 0 unspecified atom stereocenters. The number of para-hydroxylation sites is 1. The molecule has 0 saturated heterocycles. The molecule has 12 nitrogen and oxygen atoms in total. The summed E-state index contributed by atoms with van der Waals surface area (Å²) in [5.74, 6) is -2.10. The largest absolute Gasteiger partial charge is 0.507 e. The molecule has 1 heterocycles. The third-order valence-corrected chi connectivity index (χ3v) is 6.52. The monoisotopic (exact) mass is 521 g/mol. The number of carbonyl (C=O) groups excluding carboxylic acids is 1. The normalized spacial score (nSPS) is 11.3. The highest BCUT2D eigenvalue weighted by molar-refractivity contribution is 7.91. The standard InChI is InChI=1S/C24H19N5O7S/c1-12-7-8-14(18(31)11-12)23-26-22(13-5-3-4-6-17(13)30)27-24(28-23)15-9-10-16(21(25)32)20(37(2,35)36)19(15)29(33)34/h3-11,30-31H,1-2H3,(H2,25,32). The molecule has 0 spiro atoms. The van der Waals surface area contributed by atoms with E-state index in [0.29, 0.717) is 6.26 Å². The first-order valence-corrected chi connectivity index (χ1v) is 12.4. The van der Waals surface area contributed by atoms with Crippen molar-refractivity contribution in [3.63, 3.8) is 0 Å². The molecule has 0 atom stereocenters. The first-order valence-electron chi connectivity index (χ1n) is 10.5. The zero-order valence-corrected chi connectivity index (χ0v) is 20.2. The number of aromatic nitrogens is 3. The number of nitrogens with two attached hydrogens (primary N) is 1. The van der Waals surface area contributed by atoms with Gasteiger partial charge in [0.1, 0.15) is 11.5 Å². The van der Waals surface area contributed by atoms with Gasteiger partial charge in [0, 0.05) is 6.26 Å². The number of nitro groups is 1. The Kier molecular flexibility index (Phi) is 6.31. The number of phenolic OH excluding ortho intramolecular Hbond substituents is 2. The number of nitrogens with zero attached hydrogens (tertiary/aromatic N) is 4. The lowest BCUT2D eigenvalue weighted by Gasteiger charge is -2.12. The minimum Gasteiger partial charge on any atom is -0.507 e. The quantitative estimate of drug-likeness (QED) is 0.250. The SMILES string of the molecule is Cc1ccc(-c2nc(-c3ccccc3O)nc(-c3ccc(C(N)=O)c(S(C)(=O)=O)c3[N+](=O)[O-])n2)c(O)c1. The first-order chi connectivity index (χ1) is 17.4. The molecule has 13 heteroatoms. The number of hydrogen-bond acceptors (Lipinski definition) is 10. The lowest BCUT2D eigenvalue weighted by Crippen LogP contribution is -2.18. The number of rotatable bonds is 6. The Balaban J connectivity index is 2.13. The zero-order valence-electron chi connectivity index (χ0n) is 19.4. The van der Waals surface area contributed by atoms with E-state index in [1.807, 2.05) is 0 Å². The number of aromatic hydroxyl groups is 2. The number of sulfone groups is 1. The summed E-state index contributed by atoms with van der Waals surface area (Å²) in [6.45, 7) is 1.76. The van der Waals surface area contributed by atoms with Crippen LogP contribution in [-0.2, 0) is 9.84 Å². The van der Waals surface area contributed by atoms with Crippen LogP contribution in [0, 0.1) is 17.0 Å². The molecule has 188 valence electrons. The van der Waals surface area contributed by atoms with Gasteiger partial charge in [-0.25, -0.2) is 23.4 Å². The van der Waals surface area contributed by atoms with Crippen LogP contribution in [-0.4, -0.2) is 50.7 Å². The summed E-state index contributed by atoms with van der Waals surface area (Å²) >= 11 is 0. The van der Waals surface area contributed by atoms with Crippen molar-refractivity contribution in [3.8, 4) is 45.7 Å². The number of amides is 1. The zero-order chi connectivity index (χ0) is 27.1. The number of benzene rings is 3. The molecule has 1 aromatic heterocycles. The van der Waals surface area contributed by atoms with Crippen LogP contribution in [0.2, 0.25) is 0 Å². The van der Waals surface area contributed by atoms with Gasteiger partial charge < -0.3 is 15.9 Å². The molecule has 0 bridgehead atoms. The van der Waals surface area contributed by atoms with Crippen molar-refractivity contribution < 1.29 is 28.3 Å². The molecule has 0 fully saturated rings. The fourth-order valence-electron chi connectivity index (χ4n) is 3.73. The lowest BCUT2D eigenvalue weighted by atomic mass is 10.1. The van der Waals surface area contributed by atoms with Crippen LogP contribution in [0.25, 0.3) is 34.2 Å². The Hall–Kier alpha value is -4.91. The summed E-state index contributed by atoms with van der Waals surface area (Å²) in [5, 5.41) is 33.0. The molecular formula is C24H19N5O7S. The van der Waals surface area contributed by atoms with Crippen molar-refractivity contribution in [1.82, 2.24) is 15.0 Å². The molecule has 37 heavy (non-hydrogen) atoms. The predicted molar refractivity (Wildman–Crippen MR) is 132 cm³/mol. The minimum atomic E-state index is -4.32. The fraction of sp³-hybridized carbons (Fsp3) is 0.0833. The van der Waals surface area contributed by atoms with Gasteiger partial charge in [-0.1, -0.05) is 18.2 Å². The van der Waals surface area contributed by atoms with Crippen LogP contribution in [0.1, 0.15) is 15.9 Å². The maximum atomic E-state index is 12.5. The van der Waals surface area contributed by atoms with E-state index in [1.54, 1.807) is 25.1 Å². The molecule has 0 aliphatic rings. The van der Waals surface area contributed by atoms with Crippen molar-refractivity contribution in [3.05, 3.63) is 75.8 Å². The molecule has 4 N–H and O–H groups in total. The van der Waals surface area contributed by atoms with E-state index in [0.717, 1.165) is 17.7 Å². The molecule has 4 aromatic rings. The molecule has 4 rings (SSSR count). The highest BCUT2D eigenvalue weighted by atomic mass is 32.2. The minimum absolute atomic E-state index is 0.102. The third-order valence-electron chi connectivity index (χ3n) is 5.37. The van der Waals surface area contributed by atoms with E-state index >= 15 is 0 Å². The molecular weight excluding hydrogens is 502 g/mol. The van der Waals surface area contributed by atoms with Gasteiger partial charge in [-0.05, 0) is 48.9 Å². The number of hydrogen-bond donors (Lipinski definition) is 3. The first kappa shape index (κ1) is 25.2. The van der Waals surface area contributed by atoms with Gasteiger partial charge in [-0.15, -0.1) is 0 Å². The van der Waals surface area contributed by atoms with Gasteiger partial charge in [-0.2, -0.15) is 0 Å². The average molecular weight is 522 g/mol. The predicted octanol–water partition coefficient (Wildman–Crippen LogP) is 3.00. The second-order valence-corrected chi connectivity index (χ2v) is 10.0. The molecule has 0 saturated carbocycles. The van der Waals surface area contributed by atoms with Gasteiger partial charge in [0.15, 0.2) is 32.2 Å². The summed E-state index contributed by atoms with van der Waals surface area (Å²) in [5.41, 5.74) is 4.48. The molecule has 1 amide bonds. The second kappa shape index (κ2) is 9.28. The summed E-state index contributed by atoms with van der Waals surface area (Å²) in [7, 11) is -4.32. The highest BCUT2D eigenvalue weighted by Gasteiger charge is 2.34. The van der Waals surface area contributed by atoms with Gasteiger partial charge in [0.25, 0.3) is 5.69 Å². The van der Waals surface area contributed by atoms with Gasteiger partial charge in [-0.3, -0.25) is 14.9 Å². The number of phenols is 2.